The smallest absolute Gasteiger partial charge is 0.253 e. The number of carbonyl (C=O) groups excluding carboxylic acids is 1. The highest BCUT2D eigenvalue weighted by atomic mass is 16.2. The van der Waals surface area contributed by atoms with E-state index in [1.807, 2.05) is 6.92 Å². The van der Waals surface area contributed by atoms with Crippen LogP contribution in [-0.4, -0.2) is 17.4 Å². The summed E-state index contributed by atoms with van der Waals surface area (Å²) in [5, 5.41) is 0. The molecule has 0 spiro atoms. The minimum atomic E-state index is -0.00819. The molecule has 2 heteroatoms. The number of rotatable bonds is 2. The van der Waals surface area contributed by atoms with Crippen LogP contribution in [-0.2, 0) is 4.79 Å². The fourth-order valence-corrected chi connectivity index (χ4v) is 1.28. The van der Waals surface area contributed by atoms with Crippen LogP contribution >= 0.6 is 0 Å². The van der Waals surface area contributed by atoms with Crippen molar-refractivity contribution in [2.24, 2.45) is 0 Å². The molecule has 0 aromatic heterocycles. The van der Waals surface area contributed by atoms with Crippen LogP contribution in [0, 0.1) is 0 Å². The van der Waals surface area contributed by atoms with Gasteiger partial charge in [0.1, 0.15) is 0 Å². The SMILES string of the molecule is C=C1CCN(C(=O)C(=C)CC)C1=C. The summed E-state index contributed by atoms with van der Waals surface area (Å²) in [6.45, 7) is 14.0. The fourth-order valence-electron chi connectivity index (χ4n) is 1.28. The van der Waals surface area contributed by atoms with Gasteiger partial charge >= 0.3 is 0 Å². The first kappa shape index (κ1) is 9.78. The number of nitrogens with zero attached hydrogens (tertiary/aromatic N) is 1. The maximum atomic E-state index is 11.7. The lowest BCUT2D eigenvalue weighted by Crippen LogP contribution is -2.26. The van der Waals surface area contributed by atoms with E-state index >= 15 is 0 Å². The molecular weight excluding hydrogens is 162 g/mol. The van der Waals surface area contributed by atoms with Crippen molar-refractivity contribution >= 4 is 5.91 Å². The Balaban J connectivity index is 2.74. The van der Waals surface area contributed by atoms with Crippen molar-refractivity contribution in [1.29, 1.82) is 0 Å². The standard InChI is InChI=1S/C11H15NO/c1-5-8(2)11(13)12-7-6-9(3)10(12)4/h2-7H2,1H3. The van der Waals surface area contributed by atoms with Crippen LogP contribution in [0.25, 0.3) is 0 Å². The molecule has 0 bridgehead atoms. The third kappa shape index (κ3) is 1.72. The Bertz CT molecular complexity index is 288. The number of likely N-dealkylation sites (tertiary alicyclic amines) is 1. The van der Waals surface area contributed by atoms with Gasteiger partial charge in [0.25, 0.3) is 5.91 Å². The van der Waals surface area contributed by atoms with Gasteiger partial charge in [-0.05, 0) is 18.4 Å². The van der Waals surface area contributed by atoms with E-state index < -0.39 is 0 Å². The van der Waals surface area contributed by atoms with Crippen molar-refractivity contribution in [2.75, 3.05) is 6.54 Å². The zero-order valence-corrected chi connectivity index (χ0v) is 8.10. The van der Waals surface area contributed by atoms with Gasteiger partial charge in [0.2, 0.25) is 0 Å². The molecule has 13 heavy (non-hydrogen) atoms. The molecule has 0 aromatic carbocycles. The second-order valence-electron chi connectivity index (χ2n) is 3.21. The number of hydrogen-bond acceptors (Lipinski definition) is 1. The molecule has 0 unspecified atom stereocenters. The molecule has 1 rings (SSSR count). The van der Waals surface area contributed by atoms with Crippen LogP contribution in [0.5, 0.6) is 0 Å². The van der Waals surface area contributed by atoms with Crippen LogP contribution < -0.4 is 0 Å². The maximum Gasteiger partial charge on any atom is 0.253 e. The van der Waals surface area contributed by atoms with Gasteiger partial charge in [-0.15, -0.1) is 0 Å². The zero-order chi connectivity index (χ0) is 10.0. The van der Waals surface area contributed by atoms with Crippen molar-refractivity contribution in [3.8, 4) is 0 Å². The van der Waals surface area contributed by atoms with Gasteiger partial charge in [0.15, 0.2) is 0 Å². The molecule has 1 aliphatic rings. The lowest BCUT2D eigenvalue weighted by atomic mass is 10.2. The van der Waals surface area contributed by atoms with Crippen LogP contribution in [0.4, 0.5) is 0 Å². The van der Waals surface area contributed by atoms with E-state index in [-0.39, 0.29) is 5.91 Å². The summed E-state index contributed by atoms with van der Waals surface area (Å²) in [4.78, 5) is 13.3. The van der Waals surface area contributed by atoms with Crippen molar-refractivity contribution in [2.45, 2.75) is 19.8 Å². The van der Waals surface area contributed by atoms with E-state index in [0.29, 0.717) is 18.5 Å². The van der Waals surface area contributed by atoms with E-state index in [1.165, 1.54) is 0 Å². The number of allylic oxidation sites excluding steroid dienone is 1. The normalized spacial score (nSPS) is 16.5. The van der Waals surface area contributed by atoms with Crippen molar-refractivity contribution in [3.63, 3.8) is 0 Å². The molecule has 0 N–H and O–H groups in total. The predicted molar refractivity (Wildman–Crippen MR) is 54.0 cm³/mol. The van der Waals surface area contributed by atoms with E-state index in [9.17, 15) is 4.79 Å². The zero-order valence-electron chi connectivity index (χ0n) is 8.10. The van der Waals surface area contributed by atoms with Crippen molar-refractivity contribution < 1.29 is 4.79 Å². The van der Waals surface area contributed by atoms with Gasteiger partial charge in [-0.25, -0.2) is 0 Å². The monoisotopic (exact) mass is 177 g/mol. The number of amides is 1. The van der Waals surface area contributed by atoms with Gasteiger partial charge in [0.05, 0.1) is 0 Å². The van der Waals surface area contributed by atoms with E-state index in [0.717, 1.165) is 17.7 Å². The summed E-state index contributed by atoms with van der Waals surface area (Å²) in [6, 6.07) is 0. The Hall–Kier alpha value is -1.31. The van der Waals surface area contributed by atoms with Gasteiger partial charge in [-0.2, -0.15) is 0 Å². The second-order valence-corrected chi connectivity index (χ2v) is 3.21. The second kappa shape index (κ2) is 3.60. The molecule has 70 valence electrons. The summed E-state index contributed by atoms with van der Waals surface area (Å²) in [5.74, 6) is -0.00819. The van der Waals surface area contributed by atoms with Gasteiger partial charge in [-0.1, -0.05) is 26.7 Å². The maximum absolute atomic E-state index is 11.7. The third-order valence-corrected chi connectivity index (χ3v) is 2.35. The molecule has 1 aliphatic heterocycles. The summed E-state index contributed by atoms with van der Waals surface area (Å²) in [7, 11) is 0. The van der Waals surface area contributed by atoms with Crippen LogP contribution in [0.1, 0.15) is 19.8 Å². The predicted octanol–water partition coefficient (Wildman–Crippen LogP) is 2.25. The van der Waals surface area contributed by atoms with E-state index in [1.54, 1.807) is 4.90 Å². The third-order valence-electron chi connectivity index (χ3n) is 2.35. The summed E-state index contributed by atoms with van der Waals surface area (Å²) in [6.07, 6.45) is 1.52. The summed E-state index contributed by atoms with van der Waals surface area (Å²) >= 11 is 0. The Morgan fingerprint density at radius 1 is 1.54 bits per heavy atom. The highest BCUT2D eigenvalue weighted by Crippen LogP contribution is 2.25. The summed E-state index contributed by atoms with van der Waals surface area (Å²) in [5.41, 5.74) is 2.34. The molecule has 0 atom stereocenters. The average molecular weight is 177 g/mol. The molecular formula is C11H15NO. The van der Waals surface area contributed by atoms with Crippen LogP contribution in [0.2, 0.25) is 0 Å². The molecule has 0 aliphatic carbocycles. The van der Waals surface area contributed by atoms with Crippen molar-refractivity contribution in [3.05, 3.63) is 36.6 Å². The topological polar surface area (TPSA) is 20.3 Å². The Morgan fingerprint density at radius 2 is 2.15 bits per heavy atom. The van der Waals surface area contributed by atoms with Gasteiger partial charge in [0, 0.05) is 17.8 Å². The Morgan fingerprint density at radius 3 is 2.54 bits per heavy atom. The molecule has 1 amide bonds. The van der Waals surface area contributed by atoms with Crippen LogP contribution in [0.3, 0.4) is 0 Å². The lowest BCUT2D eigenvalue weighted by Gasteiger charge is -2.17. The Labute approximate surface area is 79.2 Å². The number of carbonyl (C=O) groups is 1. The molecule has 0 radical (unpaired) electrons. The molecule has 1 heterocycles. The summed E-state index contributed by atoms with van der Waals surface area (Å²) < 4.78 is 0. The highest BCUT2D eigenvalue weighted by molar-refractivity contribution is 5.94. The minimum Gasteiger partial charge on any atom is -0.309 e. The molecule has 1 fully saturated rings. The van der Waals surface area contributed by atoms with Crippen LogP contribution in [0.15, 0.2) is 36.6 Å². The first-order valence-corrected chi connectivity index (χ1v) is 4.44. The first-order valence-electron chi connectivity index (χ1n) is 4.44. The molecule has 0 aromatic rings. The fraction of sp³-hybridized carbons (Fsp3) is 0.364. The van der Waals surface area contributed by atoms with E-state index in [4.69, 9.17) is 0 Å². The number of hydrogen-bond donors (Lipinski definition) is 0. The molecule has 1 saturated heterocycles. The average Bonchev–Trinajstić information content (AvgIpc) is 2.45. The highest BCUT2D eigenvalue weighted by Gasteiger charge is 2.25. The largest absolute Gasteiger partial charge is 0.309 e. The quantitative estimate of drug-likeness (QED) is 0.592. The molecule has 2 nitrogen and oxygen atoms in total. The molecule has 0 saturated carbocycles. The van der Waals surface area contributed by atoms with Gasteiger partial charge < -0.3 is 4.90 Å². The van der Waals surface area contributed by atoms with E-state index in [2.05, 4.69) is 19.7 Å². The van der Waals surface area contributed by atoms with Crippen molar-refractivity contribution in [1.82, 2.24) is 4.90 Å². The minimum absolute atomic E-state index is 0.00819. The Kier molecular flexibility index (Phi) is 2.71. The first-order chi connectivity index (χ1) is 6.07. The van der Waals surface area contributed by atoms with Gasteiger partial charge in [-0.3, -0.25) is 4.79 Å². The lowest BCUT2D eigenvalue weighted by molar-refractivity contribution is -0.124.